The summed E-state index contributed by atoms with van der Waals surface area (Å²) in [6, 6.07) is 13.1. The number of anilines is 1. The Morgan fingerprint density at radius 3 is 2.35 bits per heavy atom. The van der Waals surface area contributed by atoms with Gasteiger partial charge in [0.05, 0.1) is 38.1 Å². The van der Waals surface area contributed by atoms with E-state index in [0.29, 0.717) is 24.3 Å². The van der Waals surface area contributed by atoms with E-state index in [0.717, 1.165) is 4.31 Å². The predicted octanol–water partition coefficient (Wildman–Crippen LogP) is 0.875. The molecule has 0 saturated carbocycles. The predicted molar refractivity (Wildman–Crippen MR) is 145 cm³/mol. The normalized spacial score (nSPS) is 17.3. The van der Waals surface area contributed by atoms with Crippen molar-refractivity contribution in [1.29, 1.82) is 0 Å². The SMILES string of the molecule is CC(C)CN(CC(OP(=O)([O-])[O-])[C@H](Cc1ccccc1)NC(=O)O[C@H]1CCOC1)S(=O)(=O)c1ccc(N)cc1.[Ca+2]. The maximum absolute atomic E-state index is 13.6. The number of sulfonamides is 1. The molecule has 12 nitrogen and oxygen atoms in total. The van der Waals surface area contributed by atoms with Crippen molar-refractivity contribution in [2.24, 2.45) is 5.92 Å². The molecule has 1 saturated heterocycles. The van der Waals surface area contributed by atoms with Gasteiger partial charge in [0.1, 0.15) is 6.10 Å². The second kappa shape index (κ2) is 15.8. The number of nitrogens with two attached hydrogens (primary N) is 1. The van der Waals surface area contributed by atoms with Crippen LogP contribution in [-0.2, 0) is 35.0 Å². The zero-order chi connectivity index (χ0) is 28.6. The van der Waals surface area contributed by atoms with Gasteiger partial charge in [-0.25, -0.2) is 13.2 Å². The number of alkyl carbamates (subject to hydrolysis) is 1. The van der Waals surface area contributed by atoms with Gasteiger partial charge in [0, 0.05) is 25.2 Å². The second-order valence-corrected chi connectivity index (χ2v) is 12.8. The molecule has 3 rings (SSSR count). The molecule has 0 radical (unpaired) electrons. The molecule has 40 heavy (non-hydrogen) atoms. The van der Waals surface area contributed by atoms with E-state index in [1.165, 1.54) is 24.3 Å². The third-order valence-electron chi connectivity index (χ3n) is 5.95. The van der Waals surface area contributed by atoms with Crippen molar-refractivity contribution in [2.45, 2.75) is 49.8 Å². The smallest absolute Gasteiger partial charge is 0.790 e. The number of phosphoric ester groups is 1. The van der Waals surface area contributed by atoms with E-state index >= 15 is 0 Å². The maximum atomic E-state index is 13.6. The summed E-state index contributed by atoms with van der Waals surface area (Å²) in [4.78, 5) is 36.4. The van der Waals surface area contributed by atoms with E-state index < -0.39 is 48.7 Å². The number of ether oxygens (including phenoxy) is 2. The number of hydrogen-bond donors (Lipinski definition) is 2. The van der Waals surface area contributed by atoms with Crippen LogP contribution in [0, 0.1) is 5.92 Å². The molecule has 2 aromatic carbocycles. The minimum Gasteiger partial charge on any atom is -0.790 e. The van der Waals surface area contributed by atoms with Gasteiger partial charge in [0.25, 0.3) is 0 Å². The van der Waals surface area contributed by atoms with Gasteiger partial charge in [-0.1, -0.05) is 44.2 Å². The number of phosphoric acid groups is 1. The summed E-state index contributed by atoms with van der Waals surface area (Å²) < 4.78 is 55.6. The average molecular weight is 624 g/mol. The fourth-order valence-electron chi connectivity index (χ4n) is 4.15. The number of nitrogens with zero attached hydrogens (tertiary/aromatic N) is 1. The third kappa shape index (κ3) is 11.2. The molecule has 3 atom stereocenters. The van der Waals surface area contributed by atoms with E-state index in [9.17, 15) is 27.6 Å². The fraction of sp³-hybridized carbons (Fsp3) is 0.480. The van der Waals surface area contributed by atoms with Gasteiger partial charge in [-0.15, -0.1) is 0 Å². The minimum atomic E-state index is -5.62. The summed E-state index contributed by atoms with van der Waals surface area (Å²) in [5, 5.41) is 2.59. The van der Waals surface area contributed by atoms with Crippen LogP contribution in [0.25, 0.3) is 0 Å². The third-order valence-corrected chi connectivity index (χ3v) is 8.32. The number of nitrogens with one attached hydrogen (secondary N) is 1. The Hall–Kier alpha value is -1.25. The van der Waals surface area contributed by atoms with Crippen molar-refractivity contribution in [1.82, 2.24) is 9.62 Å². The van der Waals surface area contributed by atoms with Gasteiger partial charge in [-0.05, 0) is 42.2 Å². The van der Waals surface area contributed by atoms with Crippen molar-refractivity contribution >= 4 is 67.4 Å². The summed E-state index contributed by atoms with van der Waals surface area (Å²) in [6.07, 6.45) is -2.41. The van der Waals surface area contributed by atoms with E-state index in [2.05, 4.69) is 5.32 Å². The zero-order valence-electron chi connectivity index (χ0n) is 22.5. The quantitative estimate of drug-likeness (QED) is 0.184. The number of carbonyl (C=O) groups is 1. The molecular formula is C25H34CaN3O9PS. The molecule has 1 unspecified atom stereocenters. The van der Waals surface area contributed by atoms with Crippen LogP contribution in [-0.4, -0.2) is 101 Å². The van der Waals surface area contributed by atoms with Gasteiger partial charge < -0.3 is 39.4 Å². The molecule has 0 spiro atoms. The topological polar surface area (TPSA) is 183 Å². The van der Waals surface area contributed by atoms with Crippen molar-refractivity contribution in [3.63, 3.8) is 0 Å². The monoisotopic (exact) mass is 623 g/mol. The van der Waals surface area contributed by atoms with Crippen molar-refractivity contribution in [2.75, 3.05) is 32.0 Å². The molecule has 0 aliphatic carbocycles. The van der Waals surface area contributed by atoms with Crippen LogP contribution in [0.15, 0.2) is 59.5 Å². The van der Waals surface area contributed by atoms with Crippen LogP contribution in [0.5, 0.6) is 0 Å². The molecule has 1 fully saturated rings. The largest absolute Gasteiger partial charge is 2.00 e. The molecule has 216 valence electrons. The molecule has 3 N–H and O–H groups in total. The molecule has 1 heterocycles. The van der Waals surface area contributed by atoms with E-state index in [1.54, 1.807) is 44.2 Å². The Labute approximate surface area is 264 Å². The first kappa shape index (κ1) is 34.9. The number of nitrogen functional groups attached to an aromatic ring is 1. The molecule has 1 amide bonds. The Morgan fingerprint density at radius 1 is 1.15 bits per heavy atom. The molecular weight excluding hydrogens is 589 g/mol. The van der Waals surface area contributed by atoms with Crippen LogP contribution in [0.3, 0.4) is 0 Å². The molecule has 2 aromatic rings. The molecule has 1 aliphatic heterocycles. The number of benzene rings is 2. The van der Waals surface area contributed by atoms with Crippen LogP contribution in [0.2, 0.25) is 0 Å². The van der Waals surface area contributed by atoms with Gasteiger partial charge in [0.15, 0.2) is 0 Å². The summed E-state index contributed by atoms with van der Waals surface area (Å²) >= 11 is 0. The first-order valence-electron chi connectivity index (χ1n) is 12.5. The summed E-state index contributed by atoms with van der Waals surface area (Å²) in [7, 11) is -9.80. The van der Waals surface area contributed by atoms with Crippen LogP contribution in [0.1, 0.15) is 25.8 Å². The molecule has 1 aliphatic rings. The van der Waals surface area contributed by atoms with Gasteiger partial charge in [0.2, 0.25) is 10.0 Å². The van der Waals surface area contributed by atoms with Gasteiger partial charge in [-0.3, -0.25) is 0 Å². The average Bonchev–Trinajstić information content (AvgIpc) is 3.35. The molecule has 15 heteroatoms. The van der Waals surface area contributed by atoms with Crippen LogP contribution >= 0.6 is 7.82 Å². The Bertz CT molecular complexity index is 1220. The first-order valence-corrected chi connectivity index (χ1v) is 15.4. The molecule has 0 bridgehead atoms. The number of hydrogen-bond acceptors (Lipinski definition) is 10. The Kier molecular flexibility index (Phi) is 13.8. The number of carbonyl (C=O) groups excluding carboxylic acids is 1. The van der Waals surface area contributed by atoms with E-state index in [1.807, 2.05) is 0 Å². The number of amides is 1. The Balaban J connectivity index is 0.00000560. The zero-order valence-corrected chi connectivity index (χ0v) is 26.4. The fourth-order valence-corrected chi connectivity index (χ4v) is 6.31. The standard InChI is InChI=1S/C25H36N3O9PS.Ca/c1-18(2)15-28(39(33,34)22-10-8-20(26)9-11-22)16-24(37-38(30,31)32)23(14-19-6-4-3-5-7-19)27-25(29)36-21-12-13-35-17-21;/h3-11,18,21,23-24H,12-17,26H2,1-2H3,(H,27,29)(H2,30,31,32);/q;+2/p-2/t21-,23-,24?;/m0./s1. The Morgan fingerprint density at radius 2 is 1.80 bits per heavy atom. The summed E-state index contributed by atoms with van der Waals surface area (Å²) in [5.41, 5.74) is 6.75. The summed E-state index contributed by atoms with van der Waals surface area (Å²) in [6.45, 7) is 3.66. The van der Waals surface area contributed by atoms with E-state index in [4.69, 9.17) is 19.7 Å². The van der Waals surface area contributed by atoms with E-state index in [-0.39, 0.29) is 68.1 Å². The molecule has 0 aromatic heterocycles. The van der Waals surface area contributed by atoms with Crippen molar-refractivity contribution in [3.05, 3.63) is 60.2 Å². The number of rotatable bonds is 13. The van der Waals surface area contributed by atoms with Gasteiger partial charge >= 0.3 is 43.8 Å². The first-order chi connectivity index (χ1) is 18.3. The second-order valence-electron chi connectivity index (χ2n) is 9.71. The maximum Gasteiger partial charge on any atom is 2.00 e. The van der Waals surface area contributed by atoms with Crippen LogP contribution in [0.4, 0.5) is 10.5 Å². The van der Waals surface area contributed by atoms with Gasteiger partial charge in [-0.2, -0.15) is 4.31 Å². The summed E-state index contributed by atoms with van der Waals surface area (Å²) in [5.74, 6) is -0.173. The minimum absolute atomic E-state index is 0. The van der Waals surface area contributed by atoms with Crippen LogP contribution < -0.4 is 20.8 Å². The van der Waals surface area contributed by atoms with Crippen molar-refractivity contribution in [3.8, 4) is 0 Å². The van der Waals surface area contributed by atoms with Crippen molar-refractivity contribution < 1.29 is 41.6 Å².